The summed E-state index contributed by atoms with van der Waals surface area (Å²) in [5.41, 5.74) is 0.421. The van der Waals surface area contributed by atoms with Gasteiger partial charge < -0.3 is 20.6 Å². The first-order chi connectivity index (χ1) is 16.0. The number of amides is 1. The van der Waals surface area contributed by atoms with Crippen LogP contribution < -0.4 is 5.32 Å². The van der Waals surface area contributed by atoms with Crippen LogP contribution in [-0.2, 0) is 9.59 Å². The predicted molar refractivity (Wildman–Crippen MR) is 134 cm³/mol. The van der Waals surface area contributed by atoms with Crippen molar-refractivity contribution in [2.75, 3.05) is 5.75 Å². The Morgan fingerprint density at radius 2 is 1.71 bits per heavy atom. The number of hydrogen-bond acceptors (Lipinski definition) is 5. The first kappa shape index (κ1) is 26.3. The third-order valence-corrected chi connectivity index (χ3v) is 11.4. The van der Waals surface area contributed by atoms with Crippen molar-refractivity contribution in [3.63, 3.8) is 0 Å². The van der Waals surface area contributed by atoms with E-state index >= 15 is 0 Å². The van der Waals surface area contributed by atoms with E-state index < -0.39 is 12.0 Å². The molecule has 4 aliphatic rings. The van der Waals surface area contributed by atoms with E-state index in [-0.39, 0.29) is 34.7 Å². The molecule has 4 N–H and O–H groups in total. The highest BCUT2D eigenvalue weighted by Gasteiger charge is 2.62. The average molecular weight is 496 g/mol. The van der Waals surface area contributed by atoms with E-state index in [1.54, 1.807) is 0 Å². The molecule has 6 nitrogen and oxygen atoms in total. The minimum Gasteiger partial charge on any atom is -0.480 e. The van der Waals surface area contributed by atoms with Crippen molar-refractivity contribution in [2.24, 2.45) is 46.3 Å². The number of rotatable bonds is 7. The van der Waals surface area contributed by atoms with Crippen molar-refractivity contribution < 1.29 is 24.9 Å². The summed E-state index contributed by atoms with van der Waals surface area (Å²) < 4.78 is 0. The number of carboxylic acids is 1. The Balaban J connectivity index is 1.42. The molecule has 1 amide bonds. The number of carbonyl (C=O) groups is 2. The molecule has 0 heterocycles. The molecule has 0 saturated heterocycles. The minimum atomic E-state index is -1.05. The molecule has 4 aliphatic carbocycles. The van der Waals surface area contributed by atoms with Crippen LogP contribution in [-0.4, -0.2) is 51.2 Å². The largest absolute Gasteiger partial charge is 0.480 e. The van der Waals surface area contributed by atoms with Gasteiger partial charge in [0.25, 0.3) is 0 Å². The van der Waals surface area contributed by atoms with Crippen molar-refractivity contribution >= 4 is 24.5 Å². The normalized spacial score (nSPS) is 45.4. The van der Waals surface area contributed by atoms with E-state index in [2.05, 4.69) is 38.7 Å². The summed E-state index contributed by atoms with van der Waals surface area (Å²) in [6, 6.07) is -0.936. The number of nitrogens with one attached hydrogen (secondary N) is 1. The van der Waals surface area contributed by atoms with Gasteiger partial charge in [-0.05, 0) is 104 Å². The molecule has 0 aliphatic heterocycles. The van der Waals surface area contributed by atoms with E-state index in [4.69, 9.17) is 5.11 Å². The summed E-state index contributed by atoms with van der Waals surface area (Å²) in [6.07, 6.45) is 8.90. The zero-order chi connectivity index (χ0) is 24.8. The van der Waals surface area contributed by atoms with E-state index in [0.29, 0.717) is 41.9 Å². The molecule has 0 aromatic carbocycles. The number of fused-ring (bicyclic) bond motifs is 5. The quantitative estimate of drug-likeness (QED) is 0.345. The standard InChI is InChI=1S/C27H45NO5S/c1-15(4-7-23(31)28-21(14-34)25(32)33)18-5-6-19-24-20(9-11-27(18,19)3)26(2)10-8-17(29)12-16(26)13-22(24)30/h15-22,24,29-30,34H,4-14H2,1-3H3,(H,28,31)(H,32,33)/t15-,16+,17-,18-,19+,20+,21+,22+,24+,26+,27-/m1/s1. The first-order valence-electron chi connectivity index (χ1n) is 13.5. The number of aliphatic hydroxyl groups excluding tert-OH is 2. The summed E-state index contributed by atoms with van der Waals surface area (Å²) in [5.74, 6) is 1.58. The monoisotopic (exact) mass is 495 g/mol. The molecule has 0 spiro atoms. The molecule has 34 heavy (non-hydrogen) atoms. The third-order valence-electron chi connectivity index (χ3n) is 11.1. The second kappa shape index (κ2) is 9.93. The van der Waals surface area contributed by atoms with Gasteiger partial charge >= 0.3 is 5.97 Å². The minimum absolute atomic E-state index is 0.0859. The highest BCUT2D eigenvalue weighted by molar-refractivity contribution is 7.80. The maximum absolute atomic E-state index is 12.4. The van der Waals surface area contributed by atoms with Crippen molar-refractivity contribution in [3.8, 4) is 0 Å². The topological polar surface area (TPSA) is 107 Å². The fourth-order valence-electron chi connectivity index (χ4n) is 9.19. The van der Waals surface area contributed by atoms with Crippen LogP contribution in [0.1, 0.15) is 85.0 Å². The number of hydrogen-bond donors (Lipinski definition) is 5. The summed E-state index contributed by atoms with van der Waals surface area (Å²) in [5, 5.41) is 33.4. The lowest BCUT2D eigenvalue weighted by atomic mass is 9.43. The fourth-order valence-corrected chi connectivity index (χ4v) is 9.43. The van der Waals surface area contributed by atoms with Gasteiger partial charge in [0.2, 0.25) is 5.91 Å². The number of carbonyl (C=O) groups excluding carboxylic acids is 1. The van der Waals surface area contributed by atoms with Gasteiger partial charge in [0, 0.05) is 12.2 Å². The van der Waals surface area contributed by atoms with Gasteiger partial charge in [0.15, 0.2) is 0 Å². The van der Waals surface area contributed by atoms with Crippen LogP contribution in [0.3, 0.4) is 0 Å². The lowest BCUT2D eigenvalue weighted by Crippen LogP contribution is -2.58. The Morgan fingerprint density at radius 3 is 2.38 bits per heavy atom. The van der Waals surface area contributed by atoms with Gasteiger partial charge in [0.1, 0.15) is 6.04 Å². The second-order valence-electron chi connectivity index (χ2n) is 12.6. The van der Waals surface area contributed by atoms with Gasteiger partial charge in [-0.15, -0.1) is 0 Å². The zero-order valence-corrected chi connectivity index (χ0v) is 22.0. The molecule has 0 unspecified atom stereocenters. The van der Waals surface area contributed by atoms with Crippen LogP contribution >= 0.6 is 12.6 Å². The van der Waals surface area contributed by atoms with Crippen LogP contribution in [0.25, 0.3) is 0 Å². The Kier molecular flexibility index (Phi) is 7.67. The Hall–Kier alpha value is -0.790. The summed E-state index contributed by atoms with van der Waals surface area (Å²) in [7, 11) is 0. The number of carboxylic acid groups (broad SMARTS) is 1. The highest BCUT2D eigenvalue weighted by Crippen LogP contribution is 2.68. The van der Waals surface area contributed by atoms with Crippen molar-refractivity contribution in [1.82, 2.24) is 5.32 Å². The Labute approximate surface area is 210 Å². The van der Waals surface area contributed by atoms with Crippen molar-refractivity contribution in [3.05, 3.63) is 0 Å². The maximum atomic E-state index is 12.4. The van der Waals surface area contributed by atoms with Gasteiger partial charge in [-0.25, -0.2) is 4.79 Å². The lowest BCUT2D eigenvalue weighted by Gasteiger charge is -2.62. The van der Waals surface area contributed by atoms with Crippen LogP contribution in [0.4, 0.5) is 0 Å². The fraction of sp³-hybridized carbons (Fsp3) is 0.926. The lowest BCUT2D eigenvalue weighted by molar-refractivity contribution is -0.174. The second-order valence-corrected chi connectivity index (χ2v) is 13.0. The van der Waals surface area contributed by atoms with E-state index in [0.717, 1.165) is 51.4 Å². The smallest absolute Gasteiger partial charge is 0.327 e. The number of aliphatic carboxylic acids is 1. The molecular formula is C27H45NO5S. The average Bonchev–Trinajstić information content (AvgIpc) is 3.14. The maximum Gasteiger partial charge on any atom is 0.327 e. The molecule has 4 saturated carbocycles. The summed E-state index contributed by atoms with van der Waals surface area (Å²) in [4.78, 5) is 23.5. The van der Waals surface area contributed by atoms with Gasteiger partial charge in [-0.2, -0.15) is 12.6 Å². The van der Waals surface area contributed by atoms with Crippen LogP contribution in [0.2, 0.25) is 0 Å². The molecule has 4 rings (SSSR count). The first-order valence-corrected chi connectivity index (χ1v) is 14.1. The SMILES string of the molecule is C[C@H](CCC(=O)N[C@@H](CS)C(=O)O)[C@H]1CC[C@H]2[C@@H]3[C@@H](O)C[C@@H]4C[C@H](O)CC[C@]4(C)[C@H]3CC[C@]12C. The van der Waals surface area contributed by atoms with Gasteiger partial charge in [-0.3, -0.25) is 4.79 Å². The Bertz CT molecular complexity index is 778. The molecule has 0 bridgehead atoms. The molecule has 4 fully saturated rings. The molecule has 0 aromatic rings. The van der Waals surface area contributed by atoms with Crippen molar-refractivity contribution in [1.29, 1.82) is 0 Å². The predicted octanol–water partition coefficient (Wildman–Crippen LogP) is 3.89. The van der Waals surface area contributed by atoms with Crippen LogP contribution in [0.5, 0.6) is 0 Å². The van der Waals surface area contributed by atoms with Crippen LogP contribution in [0, 0.1) is 46.3 Å². The molecule has 7 heteroatoms. The molecule has 0 radical (unpaired) electrons. The number of aliphatic hydroxyl groups is 2. The van der Waals surface area contributed by atoms with Crippen LogP contribution in [0.15, 0.2) is 0 Å². The number of thiol groups is 1. The molecule has 0 aromatic heterocycles. The summed E-state index contributed by atoms with van der Waals surface area (Å²) >= 11 is 4.03. The molecule has 194 valence electrons. The molecular weight excluding hydrogens is 450 g/mol. The summed E-state index contributed by atoms with van der Waals surface area (Å²) in [6.45, 7) is 7.13. The van der Waals surface area contributed by atoms with Crippen molar-refractivity contribution in [2.45, 2.75) is 103 Å². The van der Waals surface area contributed by atoms with E-state index in [1.807, 2.05) is 0 Å². The van der Waals surface area contributed by atoms with Gasteiger partial charge in [-0.1, -0.05) is 20.8 Å². The van der Waals surface area contributed by atoms with Gasteiger partial charge in [0.05, 0.1) is 12.2 Å². The third kappa shape index (κ3) is 4.54. The molecule has 11 atom stereocenters. The van der Waals surface area contributed by atoms with E-state index in [1.165, 1.54) is 6.42 Å². The zero-order valence-electron chi connectivity index (χ0n) is 21.1. The Morgan fingerprint density at radius 1 is 1.03 bits per heavy atom. The highest BCUT2D eigenvalue weighted by atomic mass is 32.1. The van der Waals surface area contributed by atoms with E-state index in [9.17, 15) is 19.8 Å².